The van der Waals surface area contributed by atoms with Gasteiger partial charge in [-0.3, -0.25) is 0 Å². The van der Waals surface area contributed by atoms with Crippen LogP contribution in [0.4, 0.5) is 0 Å². The first-order chi connectivity index (χ1) is 2.91. The number of allylic oxidation sites excluding steroid dienone is 2. The van der Waals surface area contributed by atoms with Gasteiger partial charge >= 0.3 is 0 Å². The largest absolute Gasteiger partial charge is 0.135 e. The molecule has 0 saturated heterocycles. The van der Waals surface area contributed by atoms with Gasteiger partial charge in [0.15, 0.2) is 0 Å². The van der Waals surface area contributed by atoms with Gasteiger partial charge < -0.3 is 0 Å². The van der Waals surface area contributed by atoms with Crippen LogP contribution in [0, 0.1) is 0 Å². The maximum absolute atomic E-state index is 4.99. The van der Waals surface area contributed by atoms with E-state index in [0.29, 0.717) is 0 Å². The van der Waals surface area contributed by atoms with E-state index in [-0.39, 0.29) is 0 Å². The second-order valence-electron chi connectivity index (χ2n) is 0.953. The van der Waals surface area contributed by atoms with Crippen LogP contribution in [-0.4, -0.2) is 7.85 Å². The van der Waals surface area contributed by atoms with Crippen molar-refractivity contribution >= 4 is 7.85 Å². The molecule has 0 heterocycles. The molecular formula is C5H7B. The molecule has 0 N–H and O–H groups in total. The lowest BCUT2D eigenvalue weighted by atomic mass is 10.1. The Hall–Kier alpha value is -0.455. The Morgan fingerprint density at radius 1 is 1.67 bits per heavy atom. The Balaban J connectivity index is 2.85. The number of rotatable bonds is 2. The molecule has 0 atom stereocenters. The van der Waals surface area contributed by atoms with E-state index < -0.39 is 0 Å². The van der Waals surface area contributed by atoms with Crippen molar-refractivity contribution in [3.63, 3.8) is 0 Å². The van der Waals surface area contributed by atoms with Gasteiger partial charge in [-0.25, -0.2) is 0 Å². The Morgan fingerprint density at radius 2 is 2.33 bits per heavy atom. The van der Waals surface area contributed by atoms with E-state index in [1.807, 2.05) is 6.08 Å². The van der Waals surface area contributed by atoms with Crippen molar-refractivity contribution < 1.29 is 0 Å². The molecule has 0 unspecified atom stereocenters. The molecule has 0 nitrogen and oxygen atoms in total. The fraction of sp³-hybridized carbons (Fsp3) is 0.200. The van der Waals surface area contributed by atoms with Crippen molar-refractivity contribution in [2.75, 3.05) is 0 Å². The Morgan fingerprint density at radius 3 is 2.50 bits per heavy atom. The van der Waals surface area contributed by atoms with Crippen LogP contribution in [0.15, 0.2) is 24.7 Å². The third-order valence-electron chi connectivity index (χ3n) is 0.439. The average molecular weight is 77.9 g/mol. The predicted molar refractivity (Wildman–Crippen MR) is 29.7 cm³/mol. The van der Waals surface area contributed by atoms with Crippen LogP contribution in [0.1, 0.15) is 6.42 Å². The quantitative estimate of drug-likeness (QED) is 0.344. The monoisotopic (exact) mass is 78.1 g/mol. The lowest BCUT2D eigenvalue weighted by Crippen LogP contribution is -1.52. The fourth-order valence-electron chi connectivity index (χ4n) is 0.175. The minimum atomic E-state index is 0.872. The zero-order valence-corrected chi connectivity index (χ0v) is 3.72. The molecule has 0 aromatic carbocycles. The lowest BCUT2D eigenvalue weighted by molar-refractivity contribution is 1.42. The summed E-state index contributed by atoms with van der Waals surface area (Å²) in [5.74, 6) is 1.52. The molecule has 0 rings (SSSR count). The van der Waals surface area contributed by atoms with Crippen molar-refractivity contribution in [2.45, 2.75) is 6.42 Å². The summed E-state index contributed by atoms with van der Waals surface area (Å²) < 4.78 is 0. The summed E-state index contributed by atoms with van der Waals surface area (Å²) in [6, 6.07) is 0. The topological polar surface area (TPSA) is 0 Å². The van der Waals surface area contributed by atoms with E-state index in [1.165, 1.54) is 5.98 Å². The van der Waals surface area contributed by atoms with Gasteiger partial charge in [0, 0.05) is 0 Å². The Bertz CT molecular complexity index is 55.0. The minimum Gasteiger partial charge on any atom is -0.135 e. The molecule has 0 aromatic rings. The van der Waals surface area contributed by atoms with Crippen molar-refractivity contribution in [1.82, 2.24) is 0 Å². The first-order valence-electron chi connectivity index (χ1n) is 1.89. The normalized spacial score (nSPS) is 9.33. The molecule has 0 amide bonds. The smallest absolute Gasteiger partial charge is 0.102 e. The van der Waals surface area contributed by atoms with E-state index in [0.717, 1.165) is 6.42 Å². The van der Waals surface area contributed by atoms with E-state index in [2.05, 4.69) is 6.58 Å². The van der Waals surface area contributed by atoms with Crippen LogP contribution in [0.25, 0.3) is 0 Å². The molecule has 0 aromatic heterocycles. The molecule has 0 spiro atoms. The fourth-order valence-corrected chi connectivity index (χ4v) is 0.175. The van der Waals surface area contributed by atoms with Gasteiger partial charge in [-0.2, -0.15) is 0 Å². The van der Waals surface area contributed by atoms with Crippen LogP contribution in [-0.2, 0) is 0 Å². The molecule has 6 heavy (non-hydrogen) atoms. The summed E-state index contributed by atoms with van der Waals surface area (Å²) in [4.78, 5) is 0. The third kappa shape index (κ3) is 3.54. The second kappa shape index (κ2) is 4.54. The van der Waals surface area contributed by atoms with E-state index in [4.69, 9.17) is 7.85 Å². The van der Waals surface area contributed by atoms with Gasteiger partial charge in [0.25, 0.3) is 0 Å². The number of hydrogen-bond donors (Lipinski definition) is 0. The molecule has 0 aliphatic carbocycles. The van der Waals surface area contributed by atoms with Crippen LogP contribution >= 0.6 is 0 Å². The molecule has 0 aliphatic heterocycles. The highest BCUT2D eigenvalue weighted by atomic mass is 13.6. The number of hydrogen-bond acceptors (Lipinski definition) is 0. The van der Waals surface area contributed by atoms with Crippen LogP contribution in [0.3, 0.4) is 0 Å². The van der Waals surface area contributed by atoms with Gasteiger partial charge in [0.1, 0.15) is 7.85 Å². The van der Waals surface area contributed by atoms with E-state index >= 15 is 0 Å². The summed E-state index contributed by atoms with van der Waals surface area (Å²) in [6.07, 6.45) is 4.51. The highest BCUT2D eigenvalue weighted by Gasteiger charge is 1.57. The summed E-state index contributed by atoms with van der Waals surface area (Å²) >= 11 is 0. The van der Waals surface area contributed by atoms with Crippen LogP contribution < -0.4 is 0 Å². The van der Waals surface area contributed by atoms with Crippen molar-refractivity contribution in [3.05, 3.63) is 24.7 Å². The first kappa shape index (κ1) is 5.54. The molecule has 2 radical (unpaired) electrons. The Labute approximate surface area is 40.0 Å². The summed E-state index contributed by atoms with van der Waals surface area (Å²) in [6.45, 7) is 3.49. The molecular weight excluding hydrogens is 70.9 g/mol. The minimum absolute atomic E-state index is 0.872. The molecule has 0 bridgehead atoms. The van der Waals surface area contributed by atoms with Gasteiger partial charge in [-0.15, -0.1) is 12.6 Å². The molecule has 1 heteroatoms. The van der Waals surface area contributed by atoms with Gasteiger partial charge in [-0.1, -0.05) is 12.2 Å². The highest BCUT2D eigenvalue weighted by molar-refractivity contribution is 6.16. The maximum atomic E-state index is 4.99. The van der Waals surface area contributed by atoms with E-state index in [9.17, 15) is 0 Å². The van der Waals surface area contributed by atoms with Gasteiger partial charge in [0.2, 0.25) is 0 Å². The lowest BCUT2D eigenvalue weighted by Gasteiger charge is -1.70. The van der Waals surface area contributed by atoms with Crippen molar-refractivity contribution in [1.29, 1.82) is 0 Å². The second-order valence-corrected chi connectivity index (χ2v) is 0.953. The average Bonchev–Trinajstić information content (AvgIpc) is 1.61. The SMILES string of the molecule is [B]/C=C/CC=C. The summed E-state index contributed by atoms with van der Waals surface area (Å²) in [7, 11) is 4.99. The molecule has 0 fully saturated rings. The third-order valence-corrected chi connectivity index (χ3v) is 0.439. The maximum Gasteiger partial charge on any atom is 0.102 e. The molecule has 0 aliphatic rings. The van der Waals surface area contributed by atoms with Gasteiger partial charge in [0.05, 0.1) is 0 Å². The summed E-state index contributed by atoms with van der Waals surface area (Å²) in [5.41, 5.74) is 0. The molecule has 30 valence electrons. The standard InChI is InChI=1S/C5H7B/c1-2-3-4-5-6/h2,4-5H,1,3H2/b5-4+. The van der Waals surface area contributed by atoms with Gasteiger partial charge in [-0.05, 0) is 6.42 Å². The summed E-state index contributed by atoms with van der Waals surface area (Å²) in [5, 5.41) is 0. The van der Waals surface area contributed by atoms with Crippen molar-refractivity contribution in [2.24, 2.45) is 0 Å². The van der Waals surface area contributed by atoms with Crippen LogP contribution in [0.2, 0.25) is 0 Å². The molecule has 0 saturated carbocycles. The van der Waals surface area contributed by atoms with Crippen molar-refractivity contribution in [3.8, 4) is 0 Å². The highest BCUT2D eigenvalue weighted by Crippen LogP contribution is 1.77. The Kier molecular flexibility index (Phi) is 4.20. The zero-order chi connectivity index (χ0) is 4.83. The first-order valence-corrected chi connectivity index (χ1v) is 1.89. The van der Waals surface area contributed by atoms with Crippen LogP contribution in [0.5, 0.6) is 0 Å². The van der Waals surface area contributed by atoms with E-state index in [1.54, 1.807) is 6.08 Å². The predicted octanol–water partition coefficient (Wildman–Crippen LogP) is 1.24. The zero-order valence-electron chi connectivity index (χ0n) is 3.72.